The van der Waals surface area contributed by atoms with Crippen molar-refractivity contribution in [1.29, 1.82) is 0 Å². The van der Waals surface area contributed by atoms with Crippen LogP contribution in [0.3, 0.4) is 0 Å². The van der Waals surface area contributed by atoms with Gasteiger partial charge in [-0.05, 0) is 32.4 Å². The molecule has 1 aromatic carbocycles. The van der Waals surface area contributed by atoms with E-state index >= 15 is 0 Å². The summed E-state index contributed by atoms with van der Waals surface area (Å²) in [5.41, 5.74) is 0.802. The van der Waals surface area contributed by atoms with Crippen molar-refractivity contribution in [2.75, 3.05) is 13.1 Å². The van der Waals surface area contributed by atoms with Crippen molar-refractivity contribution in [2.45, 2.75) is 52.2 Å². The quantitative estimate of drug-likeness (QED) is 0.404. The normalized spacial score (nSPS) is 12.6. The summed E-state index contributed by atoms with van der Waals surface area (Å²) in [5, 5.41) is 9.95. The third-order valence-corrected chi connectivity index (χ3v) is 3.70. The third kappa shape index (κ3) is 5.85. The molecule has 0 saturated carbocycles. The molecule has 1 rings (SSSR count). The molecule has 20 heavy (non-hydrogen) atoms. The lowest BCUT2D eigenvalue weighted by Crippen LogP contribution is -2.34. The van der Waals surface area contributed by atoms with Crippen LogP contribution in [0.5, 0.6) is 0 Å². The second-order valence-electron chi connectivity index (χ2n) is 5.09. The van der Waals surface area contributed by atoms with E-state index in [0.29, 0.717) is 6.42 Å². The third-order valence-electron chi connectivity index (χ3n) is 3.70. The average molecular weight is 277 g/mol. The van der Waals surface area contributed by atoms with Gasteiger partial charge in [-0.15, -0.1) is 0 Å². The molecule has 0 aliphatic carbocycles. The van der Waals surface area contributed by atoms with Crippen molar-refractivity contribution >= 4 is 5.78 Å². The number of ketones is 1. The Morgan fingerprint density at radius 3 is 2.35 bits per heavy atom. The maximum atomic E-state index is 11.9. The van der Waals surface area contributed by atoms with E-state index in [-0.39, 0.29) is 12.0 Å². The molecule has 0 aliphatic rings. The number of aliphatic hydroxyl groups is 1. The number of unbranched alkanes of at least 4 members (excludes halogenated alkanes) is 2. The van der Waals surface area contributed by atoms with Crippen molar-refractivity contribution in [3.63, 3.8) is 0 Å². The molecule has 3 nitrogen and oxygen atoms in total. The predicted molar refractivity (Wildman–Crippen MR) is 82.8 cm³/mol. The van der Waals surface area contributed by atoms with E-state index in [1.165, 1.54) is 0 Å². The number of hydrogen-bond donors (Lipinski definition) is 1. The molecule has 0 heterocycles. The van der Waals surface area contributed by atoms with Crippen LogP contribution in [0, 0.1) is 0 Å². The van der Waals surface area contributed by atoms with Gasteiger partial charge in [0, 0.05) is 12.0 Å². The van der Waals surface area contributed by atoms with Crippen molar-refractivity contribution < 1.29 is 9.90 Å². The monoisotopic (exact) mass is 277 g/mol. The van der Waals surface area contributed by atoms with Crippen LogP contribution in [0.1, 0.15) is 56.3 Å². The summed E-state index contributed by atoms with van der Waals surface area (Å²) in [4.78, 5) is 13.9. The van der Waals surface area contributed by atoms with Crippen LogP contribution in [-0.4, -0.2) is 35.1 Å². The van der Waals surface area contributed by atoms with Crippen molar-refractivity contribution in [3.8, 4) is 0 Å². The predicted octanol–water partition coefficient (Wildman–Crippen LogP) is 3.48. The van der Waals surface area contributed by atoms with Gasteiger partial charge in [0.25, 0.3) is 0 Å². The van der Waals surface area contributed by atoms with Crippen LogP contribution in [0.15, 0.2) is 30.3 Å². The van der Waals surface area contributed by atoms with Gasteiger partial charge in [0.1, 0.15) is 6.23 Å². The first kappa shape index (κ1) is 16.9. The largest absolute Gasteiger partial charge is 0.378 e. The molecule has 1 aromatic rings. The Morgan fingerprint density at radius 2 is 1.75 bits per heavy atom. The van der Waals surface area contributed by atoms with Gasteiger partial charge < -0.3 is 5.11 Å². The van der Waals surface area contributed by atoms with Crippen LogP contribution < -0.4 is 0 Å². The molecule has 0 amide bonds. The number of hydrogen-bond acceptors (Lipinski definition) is 3. The summed E-state index contributed by atoms with van der Waals surface area (Å²) in [6.07, 6.45) is 3.93. The molecule has 0 bridgehead atoms. The molecule has 0 fully saturated rings. The van der Waals surface area contributed by atoms with Crippen LogP contribution >= 0.6 is 0 Å². The molecule has 1 N–H and O–H groups in total. The molecule has 0 aromatic heterocycles. The van der Waals surface area contributed by atoms with Gasteiger partial charge in [-0.2, -0.15) is 0 Å². The van der Waals surface area contributed by atoms with E-state index in [9.17, 15) is 9.90 Å². The smallest absolute Gasteiger partial charge is 0.162 e. The fraction of sp³-hybridized carbons (Fsp3) is 0.588. The van der Waals surface area contributed by atoms with Gasteiger partial charge in [0.2, 0.25) is 0 Å². The Kier molecular flexibility index (Phi) is 8.16. The van der Waals surface area contributed by atoms with E-state index in [4.69, 9.17) is 0 Å². The lowest BCUT2D eigenvalue weighted by atomic mass is 10.0. The molecule has 1 atom stereocenters. The highest BCUT2D eigenvalue weighted by atomic mass is 16.3. The summed E-state index contributed by atoms with van der Waals surface area (Å²) >= 11 is 0. The van der Waals surface area contributed by atoms with Crippen LogP contribution in [-0.2, 0) is 0 Å². The highest BCUT2D eigenvalue weighted by Gasteiger charge is 2.11. The zero-order valence-electron chi connectivity index (χ0n) is 12.7. The van der Waals surface area contributed by atoms with Crippen LogP contribution in [0.2, 0.25) is 0 Å². The SMILES string of the molecule is CCN(CC)C(O)CCCCCC(=O)c1ccccc1. The Labute approximate surface area is 122 Å². The van der Waals surface area contributed by atoms with Gasteiger partial charge in [-0.25, -0.2) is 0 Å². The topological polar surface area (TPSA) is 40.5 Å². The van der Waals surface area contributed by atoms with Crippen molar-refractivity contribution in [2.24, 2.45) is 0 Å². The zero-order chi connectivity index (χ0) is 14.8. The zero-order valence-corrected chi connectivity index (χ0v) is 12.7. The first-order valence-electron chi connectivity index (χ1n) is 7.69. The van der Waals surface area contributed by atoms with Gasteiger partial charge >= 0.3 is 0 Å². The Bertz CT molecular complexity index is 374. The Morgan fingerprint density at radius 1 is 1.10 bits per heavy atom. The van der Waals surface area contributed by atoms with Gasteiger partial charge in [0.15, 0.2) is 5.78 Å². The van der Waals surface area contributed by atoms with E-state index in [1.54, 1.807) is 0 Å². The number of Topliss-reactive ketones (excluding diaryl/α,β-unsaturated/α-hetero) is 1. The first-order chi connectivity index (χ1) is 9.69. The van der Waals surface area contributed by atoms with E-state index in [2.05, 4.69) is 18.7 Å². The van der Waals surface area contributed by atoms with E-state index in [0.717, 1.165) is 44.3 Å². The highest BCUT2D eigenvalue weighted by molar-refractivity contribution is 5.95. The Balaban J connectivity index is 2.15. The first-order valence-corrected chi connectivity index (χ1v) is 7.69. The molecule has 0 radical (unpaired) electrons. The van der Waals surface area contributed by atoms with Crippen molar-refractivity contribution in [1.82, 2.24) is 4.90 Å². The molecule has 0 saturated heterocycles. The van der Waals surface area contributed by atoms with Crippen LogP contribution in [0.4, 0.5) is 0 Å². The Hall–Kier alpha value is -1.19. The summed E-state index contributed by atoms with van der Waals surface area (Å²) < 4.78 is 0. The molecule has 1 unspecified atom stereocenters. The summed E-state index contributed by atoms with van der Waals surface area (Å²) in [5.74, 6) is 0.217. The minimum Gasteiger partial charge on any atom is -0.378 e. The molecule has 112 valence electrons. The average Bonchev–Trinajstić information content (AvgIpc) is 2.49. The maximum Gasteiger partial charge on any atom is 0.162 e. The minimum absolute atomic E-state index is 0.217. The van der Waals surface area contributed by atoms with Gasteiger partial charge in [0.05, 0.1) is 0 Å². The number of rotatable bonds is 10. The number of carbonyl (C=O) groups is 1. The molecular weight excluding hydrogens is 250 g/mol. The van der Waals surface area contributed by atoms with Crippen molar-refractivity contribution in [3.05, 3.63) is 35.9 Å². The van der Waals surface area contributed by atoms with E-state index in [1.807, 2.05) is 30.3 Å². The highest BCUT2D eigenvalue weighted by Crippen LogP contribution is 2.11. The van der Waals surface area contributed by atoms with E-state index < -0.39 is 0 Å². The lowest BCUT2D eigenvalue weighted by Gasteiger charge is -2.24. The molecule has 0 aliphatic heterocycles. The molecule has 3 heteroatoms. The summed E-state index contributed by atoms with van der Waals surface area (Å²) in [6, 6.07) is 9.45. The van der Waals surface area contributed by atoms with Gasteiger partial charge in [-0.3, -0.25) is 9.69 Å². The number of carbonyl (C=O) groups excluding carboxylic acids is 1. The second-order valence-corrected chi connectivity index (χ2v) is 5.09. The van der Waals surface area contributed by atoms with Crippen LogP contribution in [0.25, 0.3) is 0 Å². The fourth-order valence-corrected chi connectivity index (χ4v) is 2.39. The minimum atomic E-state index is -0.338. The second kappa shape index (κ2) is 9.67. The molecular formula is C17H27NO2. The fourth-order valence-electron chi connectivity index (χ4n) is 2.39. The standard InChI is InChI=1S/C17H27NO2/c1-3-18(4-2)17(20)14-10-6-9-13-16(19)15-11-7-5-8-12-15/h5,7-8,11-12,17,20H,3-4,6,9-10,13-14H2,1-2H3. The summed E-state index contributed by atoms with van der Waals surface area (Å²) in [7, 11) is 0. The maximum absolute atomic E-state index is 11.9. The lowest BCUT2D eigenvalue weighted by molar-refractivity contribution is 0.00281. The number of nitrogens with zero attached hydrogens (tertiary/aromatic N) is 1. The summed E-state index contributed by atoms with van der Waals surface area (Å²) in [6.45, 7) is 5.88. The molecule has 0 spiro atoms. The number of aliphatic hydroxyl groups excluding tert-OH is 1. The van der Waals surface area contributed by atoms with Gasteiger partial charge in [-0.1, -0.05) is 50.6 Å². The number of benzene rings is 1.